The molecule has 4 rings (SSSR count). The minimum absolute atomic E-state index is 0.172. The molecule has 0 aliphatic carbocycles. The van der Waals surface area contributed by atoms with Crippen molar-refractivity contribution in [1.29, 1.82) is 0 Å². The van der Waals surface area contributed by atoms with Crippen LogP contribution in [0.1, 0.15) is 63.8 Å². The van der Waals surface area contributed by atoms with Gasteiger partial charge in [0.2, 0.25) is 0 Å². The summed E-state index contributed by atoms with van der Waals surface area (Å²) in [5.74, 6) is 0.684. The zero-order valence-corrected chi connectivity index (χ0v) is 26.4. The molecule has 232 valence electrons. The third-order valence-corrected chi connectivity index (χ3v) is 6.66. The summed E-state index contributed by atoms with van der Waals surface area (Å²) in [6.45, 7) is 11.7. The smallest absolute Gasteiger partial charge is 0.407 e. The molecule has 0 spiro atoms. The number of amides is 2. The van der Waals surface area contributed by atoms with Gasteiger partial charge in [0.1, 0.15) is 22.6 Å². The Balaban J connectivity index is 1.78. The van der Waals surface area contributed by atoms with E-state index in [1.165, 1.54) is 0 Å². The molecule has 0 radical (unpaired) electrons. The molecule has 0 aliphatic heterocycles. The molecule has 9 nitrogen and oxygen atoms in total. The second-order valence-electron chi connectivity index (χ2n) is 12.5. The number of carbonyl (C=O) groups excluding carboxylic acids is 2. The lowest BCUT2D eigenvalue weighted by molar-refractivity contribution is 0.0512. The number of aromatic nitrogens is 2. The number of anilines is 1. The van der Waals surface area contributed by atoms with E-state index in [1.807, 2.05) is 96.1 Å². The van der Waals surface area contributed by atoms with Crippen LogP contribution in [0.15, 0.2) is 97.2 Å². The third kappa shape index (κ3) is 8.40. The van der Waals surface area contributed by atoms with E-state index in [0.717, 1.165) is 22.3 Å². The van der Waals surface area contributed by atoms with E-state index in [-0.39, 0.29) is 13.1 Å². The summed E-state index contributed by atoms with van der Waals surface area (Å²) in [5.41, 5.74) is 1.73. The van der Waals surface area contributed by atoms with Crippen LogP contribution in [-0.2, 0) is 28.1 Å². The first-order chi connectivity index (χ1) is 20.9. The molecule has 4 aromatic rings. The van der Waals surface area contributed by atoms with Crippen LogP contribution in [0.5, 0.6) is 0 Å². The fraction of sp³-hybridized carbons (Fsp3) is 0.343. The highest BCUT2D eigenvalue weighted by Gasteiger charge is 2.38. The summed E-state index contributed by atoms with van der Waals surface area (Å²) >= 11 is 0. The predicted octanol–water partition coefficient (Wildman–Crippen LogP) is 6.84. The monoisotopic (exact) mass is 597 g/mol. The van der Waals surface area contributed by atoms with Gasteiger partial charge < -0.3 is 25.4 Å². The van der Waals surface area contributed by atoms with Crippen molar-refractivity contribution in [3.8, 4) is 0 Å². The highest BCUT2D eigenvalue weighted by molar-refractivity contribution is 5.69. The fourth-order valence-electron chi connectivity index (χ4n) is 4.89. The Morgan fingerprint density at radius 2 is 1.11 bits per heavy atom. The number of hydrogen-bond donors (Lipinski definition) is 3. The molecule has 0 saturated heterocycles. The topological polar surface area (TPSA) is 107 Å². The van der Waals surface area contributed by atoms with Gasteiger partial charge in [0.15, 0.2) is 0 Å². The number of benzene rings is 3. The highest BCUT2D eigenvalue weighted by Crippen LogP contribution is 2.40. The van der Waals surface area contributed by atoms with Gasteiger partial charge in [-0.3, -0.25) is 0 Å². The zero-order valence-electron chi connectivity index (χ0n) is 26.4. The lowest BCUT2D eigenvalue weighted by Gasteiger charge is -2.38. The first-order valence-electron chi connectivity index (χ1n) is 14.8. The highest BCUT2D eigenvalue weighted by atomic mass is 16.6. The van der Waals surface area contributed by atoms with Crippen molar-refractivity contribution in [1.82, 2.24) is 20.4 Å². The van der Waals surface area contributed by atoms with Crippen molar-refractivity contribution in [3.63, 3.8) is 0 Å². The molecular formula is C35H43N5O4. The zero-order chi connectivity index (χ0) is 31.8. The fourth-order valence-corrected chi connectivity index (χ4v) is 4.89. The van der Waals surface area contributed by atoms with Gasteiger partial charge in [0, 0.05) is 12.1 Å². The van der Waals surface area contributed by atoms with Gasteiger partial charge in [-0.25, -0.2) is 14.3 Å². The molecule has 0 aliphatic rings. The van der Waals surface area contributed by atoms with Gasteiger partial charge in [-0.2, -0.15) is 5.10 Å². The normalized spacial score (nSPS) is 11.9. The molecule has 0 unspecified atom stereocenters. The number of ether oxygens (including phenoxy) is 2. The van der Waals surface area contributed by atoms with E-state index in [1.54, 1.807) is 10.9 Å². The van der Waals surface area contributed by atoms with E-state index in [2.05, 4.69) is 57.4 Å². The molecule has 0 bridgehead atoms. The Kier molecular flexibility index (Phi) is 9.98. The number of alkyl carbamates (subject to hydrolysis) is 2. The van der Waals surface area contributed by atoms with Crippen LogP contribution in [0.4, 0.5) is 15.4 Å². The first-order valence-corrected chi connectivity index (χ1v) is 14.8. The summed E-state index contributed by atoms with van der Waals surface area (Å²) in [6.07, 6.45) is 0.695. The van der Waals surface area contributed by atoms with Crippen molar-refractivity contribution in [2.75, 3.05) is 11.9 Å². The quantitative estimate of drug-likeness (QED) is 0.173. The molecule has 3 aromatic carbocycles. The number of rotatable bonds is 10. The van der Waals surface area contributed by atoms with Gasteiger partial charge in [0.05, 0.1) is 19.3 Å². The summed E-state index contributed by atoms with van der Waals surface area (Å²) in [7, 11) is 0. The second-order valence-corrected chi connectivity index (χ2v) is 12.5. The number of carbonyl (C=O) groups is 2. The maximum atomic E-state index is 12.6. The number of nitrogens with one attached hydrogen (secondary N) is 3. The van der Waals surface area contributed by atoms with Gasteiger partial charge >= 0.3 is 12.2 Å². The summed E-state index contributed by atoms with van der Waals surface area (Å²) < 4.78 is 12.7. The molecule has 1 aromatic heterocycles. The molecule has 9 heteroatoms. The van der Waals surface area contributed by atoms with E-state index < -0.39 is 28.9 Å². The van der Waals surface area contributed by atoms with E-state index in [4.69, 9.17) is 9.47 Å². The van der Waals surface area contributed by atoms with Gasteiger partial charge in [-0.1, -0.05) is 91.0 Å². The minimum atomic E-state index is -0.833. The molecular weight excluding hydrogens is 554 g/mol. The third-order valence-electron chi connectivity index (χ3n) is 6.66. The summed E-state index contributed by atoms with van der Waals surface area (Å²) in [4.78, 5) is 25.0. The first kappa shape index (κ1) is 32.1. The minimum Gasteiger partial charge on any atom is -0.444 e. The number of hydrogen-bond acceptors (Lipinski definition) is 6. The van der Waals surface area contributed by atoms with Crippen molar-refractivity contribution in [2.24, 2.45) is 0 Å². The maximum absolute atomic E-state index is 12.6. The standard InChI is InChI=1S/C35H43N5O4/c1-33(2,3)43-31(41)36-22-23-40-30(26(25-38-40)24-37-32(42)44-34(4,5)6)39-35(27-16-10-7-11-17-27,28-18-12-8-13-19-28)29-20-14-9-15-21-29/h7-21,25,39H,22-24H2,1-6H3,(H,36,41)(H,37,42). The van der Waals surface area contributed by atoms with Crippen molar-refractivity contribution in [3.05, 3.63) is 119 Å². The Morgan fingerprint density at radius 3 is 1.55 bits per heavy atom. The lowest BCUT2D eigenvalue weighted by Crippen LogP contribution is -2.40. The maximum Gasteiger partial charge on any atom is 0.407 e. The average Bonchev–Trinajstić information content (AvgIpc) is 3.35. The van der Waals surface area contributed by atoms with Crippen LogP contribution < -0.4 is 16.0 Å². The Hall–Kier alpha value is -4.79. The van der Waals surface area contributed by atoms with Crippen LogP contribution in [0.3, 0.4) is 0 Å². The molecule has 1 heterocycles. The predicted molar refractivity (Wildman–Crippen MR) is 172 cm³/mol. The van der Waals surface area contributed by atoms with Crippen molar-refractivity contribution >= 4 is 18.0 Å². The van der Waals surface area contributed by atoms with Crippen LogP contribution in [0, 0.1) is 0 Å². The van der Waals surface area contributed by atoms with Crippen LogP contribution in [-0.4, -0.2) is 39.7 Å². The molecule has 0 fully saturated rings. The Bertz CT molecular complexity index is 1410. The van der Waals surface area contributed by atoms with Crippen LogP contribution in [0.2, 0.25) is 0 Å². The molecule has 0 atom stereocenters. The Labute approximate surface area is 260 Å². The second kappa shape index (κ2) is 13.7. The van der Waals surface area contributed by atoms with E-state index in [0.29, 0.717) is 12.4 Å². The number of nitrogens with zero attached hydrogens (tertiary/aromatic N) is 2. The largest absolute Gasteiger partial charge is 0.444 e. The summed E-state index contributed by atoms with van der Waals surface area (Å²) in [6, 6.07) is 30.7. The summed E-state index contributed by atoms with van der Waals surface area (Å²) in [5, 5.41) is 14.2. The SMILES string of the molecule is CC(C)(C)OC(=O)NCCn1ncc(CNC(=O)OC(C)(C)C)c1NC(c1ccccc1)(c1ccccc1)c1ccccc1. The Morgan fingerprint density at radius 1 is 0.682 bits per heavy atom. The van der Waals surface area contributed by atoms with Crippen LogP contribution >= 0.6 is 0 Å². The molecule has 44 heavy (non-hydrogen) atoms. The van der Waals surface area contributed by atoms with Gasteiger partial charge in [-0.15, -0.1) is 0 Å². The van der Waals surface area contributed by atoms with Crippen LogP contribution in [0.25, 0.3) is 0 Å². The average molecular weight is 598 g/mol. The van der Waals surface area contributed by atoms with Crippen molar-refractivity contribution in [2.45, 2.75) is 71.4 Å². The van der Waals surface area contributed by atoms with Gasteiger partial charge in [-0.05, 0) is 58.2 Å². The molecule has 2 amide bonds. The lowest BCUT2D eigenvalue weighted by atomic mass is 9.77. The van der Waals surface area contributed by atoms with Gasteiger partial charge in [0.25, 0.3) is 0 Å². The molecule has 0 saturated carbocycles. The van der Waals surface area contributed by atoms with E-state index >= 15 is 0 Å². The van der Waals surface area contributed by atoms with Crippen molar-refractivity contribution < 1.29 is 19.1 Å². The van der Waals surface area contributed by atoms with E-state index in [9.17, 15) is 9.59 Å². The molecule has 3 N–H and O–H groups in total.